The summed E-state index contributed by atoms with van der Waals surface area (Å²) in [6.45, 7) is 15.1. The van der Waals surface area contributed by atoms with E-state index in [1.54, 1.807) is 19.2 Å². The number of nitrogens with zero attached hydrogens (tertiary/aromatic N) is 4. The van der Waals surface area contributed by atoms with Crippen LogP contribution in [-0.4, -0.2) is 89.3 Å². The van der Waals surface area contributed by atoms with Crippen LogP contribution in [0.5, 0.6) is 0 Å². The average Bonchev–Trinajstić information content (AvgIpc) is 2.85. The molecule has 2 rings (SSSR count). The van der Waals surface area contributed by atoms with Gasteiger partial charge in [-0.25, -0.2) is 9.59 Å². The summed E-state index contributed by atoms with van der Waals surface area (Å²) in [5, 5.41) is 9.33. The Kier molecular flexibility index (Phi) is 20.1. The summed E-state index contributed by atoms with van der Waals surface area (Å²) in [7, 11) is 8.00. The van der Waals surface area contributed by atoms with Crippen LogP contribution in [0.2, 0.25) is 0 Å². The van der Waals surface area contributed by atoms with E-state index in [1.807, 2.05) is 75.9 Å². The number of carboxylic acid groups (broad SMARTS) is 1. The fourth-order valence-electron chi connectivity index (χ4n) is 4.68. The van der Waals surface area contributed by atoms with Crippen molar-refractivity contribution in [2.45, 2.75) is 73.4 Å². The molecule has 0 fully saturated rings. The van der Waals surface area contributed by atoms with Gasteiger partial charge in [0.25, 0.3) is 11.1 Å². The number of hydrogen-bond acceptors (Lipinski definition) is 8. The van der Waals surface area contributed by atoms with Gasteiger partial charge >= 0.3 is 30.8 Å². The number of likely N-dealkylation sites (N-methyl/N-ethyl adjacent to an activating group) is 2. The van der Waals surface area contributed by atoms with Gasteiger partial charge < -0.3 is 34.3 Å². The molecule has 2 unspecified atom stereocenters. The summed E-state index contributed by atoms with van der Waals surface area (Å²) in [5.74, 6) is -1.47. The van der Waals surface area contributed by atoms with E-state index >= 15 is 0 Å². The zero-order valence-electron chi connectivity index (χ0n) is 28.9. The second kappa shape index (κ2) is 20.4. The number of carbonyl (C=O) groups excluding carboxylic acids is 1. The Bertz CT molecular complexity index is 1300. The third-order valence-corrected chi connectivity index (χ3v) is 7.09. The molecule has 0 radical (unpaired) electrons. The molecule has 2 atom stereocenters. The molecule has 0 amide bonds. The van der Waals surface area contributed by atoms with E-state index in [4.69, 9.17) is 4.74 Å². The van der Waals surface area contributed by atoms with E-state index < -0.39 is 18.1 Å². The minimum Gasteiger partial charge on any atom is -0.870 e. The largest absolute Gasteiger partial charge is 1.00 e. The molecule has 0 aliphatic rings. The first kappa shape index (κ1) is 43.4. The van der Waals surface area contributed by atoms with Crippen LogP contribution in [-0.2, 0) is 27.2 Å². The summed E-state index contributed by atoms with van der Waals surface area (Å²) in [6.07, 6.45) is 5.17. The van der Waals surface area contributed by atoms with Crippen molar-refractivity contribution in [1.82, 2.24) is 18.9 Å². The normalized spacial score (nSPS) is 12.2. The maximum absolute atomic E-state index is 12.3. The number of esters is 1. The smallest absolute Gasteiger partial charge is 0.870 e. The number of pyridine rings is 2. The maximum Gasteiger partial charge on any atom is 1.00 e. The van der Waals surface area contributed by atoms with Gasteiger partial charge in [-0.05, 0) is 95.9 Å². The standard InChI is InChI=1S/C17H28N2O3.C15H24N2O3.Li.H2O/c1-7-22-17(21)16(12(2)3)19-11-14(8-9-18(5)6)13(4)10-15(19)20;1-10(2)14(15(19)20)17-9-12(6-7-16(4)5)11(3)8-13(17)18;;/h10-12,16H,7-9H2,1-6H3;8-10,14H,6-7H2,1-5H3,(H,19,20);;1H2/q;;+1;/p-1. The van der Waals surface area contributed by atoms with Crippen molar-refractivity contribution >= 4 is 11.9 Å². The molecule has 2 aromatic heterocycles. The van der Waals surface area contributed by atoms with Gasteiger partial charge in [0, 0.05) is 37.6 Å². The van der Waals surface area contributed by atoms with Crippen LogP contribution in [0.25, 0.3) is 0 Å². The van der Waals surface area contributed by atoms with Gasteiger partial charge in [0.1, 0.15) is 12.1 Å². The Morgan fingerprint density at radius 2 is 1.16 bits per heavy atom. The molecular weight excluding hydrogens is 559 g/mol. The molecule has 0 bridgehead atoms. The molecule has 2 N–H and O–H groups in total. The van der Waals surface area contributed by atoms with Crippen molar-refractivity contribution in [3.05, 3.63) is 67.5 Å². The Labute approximate surface area is 274 Å². The van der Waals surface area contributed by atoms with Crippen LogP contribution in [0.15, 0.2) is 34.1 Å². The van der Waals surface area contributed by atoms with Crippen LogP contribution in [0, 0.1) is 25.7 Å². The number of hydrogen-bond donors (Lipinski definition) is 1. The first-order valence-electron chi connectivity index (χ1n) is 14.6. The number of rotatable bonds is 13. The number of aromatic nitrogens is 2. The number of aryl methyl sites for hydroxylation is 2. The molecule has 2 heterocycles. The monoisotopic (exact) mass is 612 g/mol. The van der Waals surface area contributed by atoms with Crippen molar-refractivity contribution in [2.24, 2.45) is 11.8 Å². The first-order valence-corrected chi connectivity index (χ1v) is 14.6. The van der Waals surface area contributed by atoms with E-state index in [0.29, 0.717) is 6.61 Å². The molecule has 11 nitrogen and oxygen atoms in total. The van der Waals surface area contributed by atoms with Crippen molar-refractivity contribution in [1.29, 1.82) is 0 Å². The quantitative estimate of drug-likeness (QED) is 0.251. The topological polar surface area (TPSA) is 144 Å². The van der Waals surface area contributed by atoms with Crippen LogP contribution in [0.4, 0.5) is 0 Å². The Hall–Kier alpha value is -2.68. The Morgan fingerprint density at radius 1 is 0.795 bits per heavy atom. The Morgan fingerprint density at radius 3 is 1.45 bits per heavy atom. The minimum atomic E-state index is -0.968. The molecule has 2 aromatic rings. The molecule has 0 spiro atoms. The second-order valence-electron chi connectivity index (χ2n) is 12.0. The summed E-state index contributed by atoms with van der Waals surface area (Å²) in [4.78, 5) is 52.2. The maximum atomic E-state index is 12.3. The minimum absolute atomic E-state index is 0. The van der Waals surface area contributed by atoms with Crippen LogP contribution >= 0.6 is 0 Å². The molecular formula is C32H53LiN4O7. The molecule has 44 heavy (non-hydrogen) atoms. The first-order chi connectivity index (χ1) is 19.5. The van der Waals surface area contributed by atoms with Gasteiger partial charge in [-0.1, -0.05) is 27.7 Å². The van der Waals surface area contributed by atoms with Crippen molar-refractivity contribution < 1.29 is 43.8 Å². The van der Waals surface area contributed by atoms with E-state index in [2.05, 4.69) is 9.80 Å². The molecule has 0 aromatic carbocycles. The summed E-state index contributed by atoms with van der Waals surface area (Å²) in [5.41, 5.74) is 3.58. The van der Waals surface area contributed by atoms with Gasteiger partial charge in [0.15, 0.2) is 0 Å². The van der Waals surface area contributed by atoms with Gasteiger partial charge in [-0.2, -0.15) is 0 Å². The van der Waals surface area contributed by atoms with E-state index in [1.165, 1.54) is 15.2 Å². The molecule has 0 saturated carbocycles. The summed E-state index contributed by atoms with van der Waals surface area (Å²) >= 11 is 0. The number of carbonyl (C=O) groups is 2. The molecule has 12 heteroatoms. The summed E-state index contributed by atoms with van der Waals surface area (Å²) < 4.78 is 8.02. The van der Waals surface area contributed by atoms with Gasteiger partial charge in [0.2, 0.25) is 0 Å². The van der Waals surface area contributed by atoms with Gasteiger partial charge in [0.05, 0.1) is 6.61 Å². The van der Waals surface area contributed by atoms with E-state index in [9.17, 15) is 24.3 Å². The van der Waals surface area contributed by atoms with Crippen molar-refractivity contribution in [2.75, 3.05) is 47.9 Å². The SMILES string of the molecule is CCOC(=O)C(C(C)C)n1cc(CCN(C)C)c(C)cc1=O.Cc1cc(=O)n(C(C(=O)O)C(C)C)cc1CCN(C)C.[Li+].[OH-]. The zero-order chi connectivity index (χ0) is 32.3. The predicted octanol–water partition coefficient (Wildman–Crippen LogP) is 0.391. The van der Waals surface area contributed by atoms with E-state index in [-0.39, 0.29) is 53.3 Å². The fraction of sp³-hybridized carbons (Fsp3) is 0.625. The molecule has 244 valence electrons. The molecule has 0 aliphatic heterocycles. The number of carboxylic acids is 1. The predicted molar refractivity (Wildman–Crippen MR) is 169 cm³/mol. The van der Waals surface area contributed by atoms with Gasteiger partial charge in [-0.15, -0.1) is 0 Å². The fourth-order valence-corrected chi connectivity index (χ4v) is 4.68. The van der Waals surface area contributed by atoms with Crippen LogP contribution < -0.4 is 30.0 Å². The Balaban J connectivity index is 0. The van der Waals surface area contributed by atoms with Crippen LogP contribution in [0.3, 0.4) is 0 Å². The third-order valence-electron chi connectivity index (χ3n) is 7.09. The average molecular weight is 613 g/mol. The van der Waals surface area contributed by atoms with Gasteiger partial charge in [-0.3, -0.25) is 9.59 Å². The molecule has 0 saturated heterocycles. The second-order valence-corrected chi connectivity index (χ2v) is 12.0. The molecule has 0 aliphatic carbocycles. The van der Waals surface area contributed by atoms with Crippen LogP contribution in [0.1, 0.15) is 69.0 Å². The number of aliphatic carboxylic acids is 1. The van der Waals surface area contributed by atoms with E-state index in [0.717, 1.165) is 48.2 Å². The number of ether oxygens (including phenoxy) is 1. The third kappa shape index (κ3) is 13.1. The van der Waals surface area contributed by atoms with Crippen molar-refractivity contribution in [3.8, 4) is 0 Å². The van der Waals surface area contributed by atoms with Crippen molar-refractivity contribution in [3.63, 3.8) is 0 Å². The summed E-state index contributed by atoms with van der Waals surface area (Å²) in [6, 6.07) is 1.75. The zero-order valence-corrected chi connectivity index (χ0v) is 28.9.